The van der Waals surface area contributed by atoms with Crippen LogP contribution in [0.25, 0.3) is 0 Å². The zero-order valence-electron chi connectivity index (χ0n) is 14.7. The third kappa shape index (κ3) is 4.45. The minimum atomic E-state index is -0.360. The Morgan fingerprint density at radius 2 is 1.89 bits per heavy atom. The Bertz CT molecular complexity index is 962. The fraction of sp³-hybridized carbons (Fsp3) is 0.105. The lowest BCUT2D eigenvalue weighted by Crippen LogP contribution is -2.30. The lowest BCUT2D eigenvalue weighted by atomic mass is 10.1. The molecule has 0 saturated heterocycles. The quantitative estimate of drug-likeness (QED) is 0.483. The van der Waals surface area contributed by atoms with Crippen LogP contribution < -0.4 is 21.9 Å². The van der Waals surface area contributed by atoms with Gasteiger partial charge in [-0.15, -0.1) is 0 Å². The molecule has 7 nitrogen and oxygen atoms in total. The van der Waals surface area contributed by atoms with E-state index in [0.29, 0.717) is 16.4 Å². The monoisotopic (exact) mass is 382 g/mol. The van der Waals surface area contributed by atoms with Gasteiger partial charge in [-0.25, -0.2) is 9.97 Å². The first kappa shape index (κ1) is 18.5. The molecule has 0 radical (unpaired) electrons. The van der Waals surface area contributed by atoms with Gasteiger partial charge >= 0.3 is 0 Å². The lowest BCUT2D eigenvalue weighted by Gasteiger charge is -2.14. The number of nitrogens with one attached hydrogen (secondary N) is 3. The Morgan fingerprint density at radius 1 is 1.11 bits per heavy atom. The zero-order chi connectivity index (χ0) is 19.2. The number of hydrogen-bond acceptors (Lipinski definition) is 6. The summed E-state index contributed by atoms with van der Waals surface area (Å²) in [6.07, 6.45) is 2.23. The smallest absolute Gasteiger partial charge is 0.269 e. The van der Waals surface area contributed by atoms with Gasteiger partial charge in [0.25, 0.3) is 5.91 Å². The number of nitrogens with zero attached hydrogens (tertiary/aromatic N) is 2. The lowest BCUT2D eigenvalue weighted by molar-refractivity contribution is 0.0962. The van der Waals surface area contributed by atoms with Crippen LogP contribution in [0.5, 0.6) is 0 Å². The van der Waals surface area contributed by atoms with Crippen LogP contribution in [-0.4, -0.2) is 15.9 Å². The molecule has 0 fully saturated rings. The number of aryl methyl sites for hydroxylation is 1. The number of amides is 1. The van der Waals surface area contributed by atoms with E-state index in [2.05, 4.69) is 33.1 Å². The number of hydrogen-bond donors (Lipinski definition) is 4. The number of benzene rings is 2. The number of anilines is 4. The van der Waals surface area contributed by atoms with Gasteiger partial charge in [0.15, 0.2) is 11.6 Å². The second-order valence-corrected chi connectivity index (χ2v) is 6.15. The summed E-state index contributed by atoms with van der Waals surface area (Å²) >= 11 is 5.90. The van der Waals surface area contributed by atoms with E-state index in [1.807, 2.05) is 24.3 Å². The molecule has 3 rings (SSSR count). The second kappa shape index (κ2) is 8.37. The Hall–Kier alpha value is -3.32. The molecule has 0 saturated carbocycles. The number of nitrogen functional groups attached to an aromatic ring is 1. The molecule has 0 atom stereocenters. The molecule has 3 aromatic rings. The van der Waals surface area contributed by atoms with Crippen molar-refractivity contribution >= 4 is 40.5 Å². The van der Waals surface area contributed by atoms with Crippen LogP contribution in [0.3, 0.4) is 0 Å². The summed E-state index contributed by atoms with van der Waals surface area (Å²) in [7, 11) is 0. The van der Waals surface area contributed by atoms with Crippen LogP contribution in [0.15, 0.2) is 54.9 Å². The first-order valence-electron chi connectivity index (χ1n) is 8.35. The van der Waals surface area contributed by atoms with Crippen molar-refractivity contribution in [3.05, 3.63) is 71.0 Å². The highest BCUT2D eigenvalue weighted by atomic mass is 35.5. The van der Waals surface area contributed by atoms with Crippen LogP contribution in [0, 0.1) is 0 Å². The molecule has 5 N–H and O–H groups in total. The number of para-hydroxylation sites is 1. The number of hydrazine groups is 1. The summed E-state index contributed by atoms with van der Waals surface area (Å²) in [5, 5.41) is 3.69. The number of halogens is 1. The van der Waals surface area contributed by atoms with Gasteiger partial charge in [-0.2, -0.15) is 0 Å². The van der Waals surface area contributed by atoms with E-state index in [4.69, 9.17) is 17.3 Å². The van der Waals surface area contributed by atoms with E-state index in [0.717, 1.165) is 17.7 Å². The SMILES string of the molecule is CCc1ccccc1Nc1ncnc(NNC(=O)c2cccc(Cl)c2)c1N. The standard InChI is InChI=1S/C19H19ClN6O/c1-2-12-6-3-4-9-15(12)24-17-16(21)18(23-11-22-17)25-26-19(27)13-7-5-8-14(20)10-13/h3-11H,2,21H2,1H3,(H,26,27)(H2,22,23,24,25). The second-order valence-electron chi connectivity index (χ2n) is 5.71. The molecule has 0 unspecified atom stereocenters. The van der Waals surface area contributed by atoms with Gasteiger partial charge in [0.1, 0.15) is 12.0 Å². The Kier molecular flexibility index (Phi) is 5.73. The maximum Gasteiger partial charge on any atom is 0.269 e. The maximum atomic E-state index is 12.2. The van der Waals surface area contributed by atoms with E-state index in [-0.39, 0.29) is 17.4 Å². The minimum Gasteiger partial charge on any atom is -0.393 e. The fourth-order valence-corrected chi connectivity index (χ4v) is 2.68. The molecule has 0 aliphatic rings. The molecule has 1 heterocycles. The maximum absolute atomic E-state index is 12.2. The molecule has 8 heteroatoms. The van der Waals surface area contributed by atoms with Gasteiger partial charge in [0, 0.05) is 16.3 Å². The predicted octanol–water partition coefficient (Wildman–Crippen LogP) is 3.78. The average molecular weight is 383 g/mol. The predicted molar refractivity (Wildman–Crippen MR) is 108 cm³/mol. The van der Waals surface area contributed by atoms with Crippen molar-refractivity contribution < 1.29 is 4.79 Å². The topological polar surface area (TPSA) is 105 Å². The molecular weight excluding hydrogens is 364 g/mol. The Labute approximate surface area is 162 Å². The Morgan fingerprint density at radius 3 is 2.67 bits per heavy atom. The summed E-state index contributed by atoms with van der Waals surface area (Å²) < 4.78 is 0. The van der Waals surface area contributed by atoms with Crippen molar-refractivity contribution in [3.8, 4) is 0 Å². The normalized spacial score (nSPS) is 10.3. The van der Waals surface area contributed by atoms with Crippen molar-refractivity contribution in [1.82, 2.24) is 15.4 Å². The van der Waals surface area contributed by atoms with Crippen molar-refractivity contribution in [1.29, 1.82) is 0 Å². The van der Waals surface area contributed by atoms with Crippen molar-refractivity contribution in [2.45, 2.75) is 13.3 Å². The molecule has 0 aliphatic carbocycles. The summed E-state index contributed by atoms with van der Waals surface area (Å²) in [5.74, 6) is 0.378. The van der Waals surface area contributed by atoms with E-state index < -0.39 is 0 Å². The summed E-state index contributed by atoms with van der Waals surface area (Å²) in [4.78, 5) is 20.5. The van der Waals surface area contributed by atoms with Gasteiger partial charge < -0.3 is 11.1 Å². The minimum absolute atomic E-state index is 0.287. The van der Waals surface area contributed by atoms with Crippen LogP contribution in [-0.2, 0) is 6.42 Å². The zero-order valence-corrected chi connectivity index (χ0v) is 15.4. The molecule has 0 bridgehead atoms. The summed E-state index contributed by atoms with van der Waals surface area (Å²) in [5.41, 5.74) is 14.2. The first-order chi connectivity index (χ1) is 13.1. The first-order valence-corrected chi connectivity index (χ1v) is 8.73. The molecular formula is C19H19ClN6O. The molecule has 2 aromatic carbocycles. The van der Waals surface area contributed by atoms with E-state index in [1.54, 1.807) is 24.3 Å². The van der Waals surface area contributed by atoms with Crippen LogP contribution in [0.2, 0.25) is 5.02 Å². The number of carbonyl (C=O) groups is 1. The van der Waals surface area contributed by atoms with Crippen LogP contribution in [0.1, 0.15) is 22.8 Å². The molecule has 0 spiro atoms. The van der Waals surface area contributed by atoms with E-state index in [9.17, 15) is 4.79 Å². The number of aromatic nitrogens is 2. The van der Waals surface area contributed by atoms with E-state index in [1.165, 1.54) is 6.33 Å². The highest BCUT2D eigenvalue weighted by Gasteiger charge is 2.11. The van der Waals surface area contributed by atoms with Gasteiger partial charge in [0.05, 0.1) is 0 Å². The number of nitrogens with two attached hydrogens (primary N) is 1. The van der Waals surface area contributed by atoms with Gasteiger partial charge in [-0.1, -0.05) is 42.8 Å². The van der Waals surface area contributed by atoms with Crippen LogP contribution >= 0.6 is 11.6 Å². The number of rotatable bonds is 6. The van der Waals surface area contributed by atoms with Crippen molar-refractivity contribution in [2.24, 2.45) is 0 Å². The third-order valence-electron chi connectivity index (χ3n) is 3.92. The van der Waals surface area contributed by atoms with Crippen molar-refractivity contribution in [2.75, 3.05) is 16.5 Å². The van der Waals surface area contributed by atoms with E-state index >= 15 is 0 Å². The van der Waals surface area contributed by atoms with Crippen molar-refractivity contribution in [3.63, 3.8) is 0 Å². The number of carbonyl (C=O) groups excluding carboxylic acids is 1. The molecule has 1 amide bonds. The third-order valence-corrected chi connectivity index (χ3v) is 4.15. The summed E-state index contributed by atoms with van der Waals surface area (Å²) in [6, 6.07) is 14.5. The van der Waals surface area contributed by atoms with Gasteiger partial charge in [-0.3, -0.25) is 15.6 Å². The molecule has 1 aromatic heterocycles. The highest BCUT2D eigenvalue weighted by molar-refractivity contribution is 6.30. The Balaban J connectivity index is 1.74. The van der Waals surface area contributed by atoms with Crippen LogP contribution in [0.4, 0.5) is 23.0 Å². The average Bonchev–Trinajstić information content (AvgIpc) is 2.68. The van der Waals surface area contributed by atoms with Gasteiger partial charge in [-0.05, 0) is 36.2 Å². The van der Waals surface area contributed by atoms with Gasteiger partial charge in [0.2, 0.25) is 0 Å². The molecule has 0 aliphatic heterocycles. The summed E-state index contributed by atoms with van der Waals surface area (Å²) in [6.45, 7) is 2.07. The fourth-order valence-electron chi connectivity index (χ4n) is 2.49. The highest BCUT2D eigenvalue weighted by Crippen LogP contribution is 2.27. The molecule has 138 valence electrons. The molecule has 27 heavy (non-hydrogen) atoms. The largest absolute Gasteiger partial charge is 0.393 e.